The first-order valence-corrected chi connectivity index (χ1v) is 6.72. The van der Waals surface area contributed by atoms with Crippen LogP contribution in [-0.4, -0.2) is 30.9 Å². The number of carbonyl (C=O) groups is 1. The molecule has 0 bridgehead atoms. The molecule has 1 aromatic carbocycles. The van der Waals surface area contributed by atoms with Gasteiger partial charge in [0.25, 0.3) is 0 Å². The molecule has 1 saturated carbocycles. The maximum Gasteiger partial charge on any atom is 0.231 e. The van der Waals surface area contributed by atoms with E-state index in [0.717, 1.165) is 24.4 Å². The van der Waals surface area contributed by atoms with Crippen molar-refractivity contribution < 1.29 is 4.79 Å². The maximum absolute atomic E-state index is 12.4. The van der Waals surface area contributed by atoms with Gasteiger partial charge in [-0.15, -0.1) is 0 Å². The Balaban J connectivity index is 1.95. The maximum atomic E-state index is 12.4. The lowest BCUT2D eigenvalue weighted by molar-refractivity contribution is -0.131. The van der Waals surface area contributed by atoms with Crippen LogP contribution in [0.25, 0.3) is 0 Å². The molecule has 1 aromatic rings. The van der Waals surface area contributed by atoms with E-state index in [1.54, 1.807) is 0 Å². The van der Waals surface area contributed by atoms with E-state index in [2.05, 4.69) is 0 Å². The topological polar surface area (TPSA) is 46.3 Å². The normalized spacial score (nSPS) is 16.3. The lowest BCUT2D eigenvalue weighted by Gasteiger charge is -2.23. The van der Waals surface area contributed by atoms with Gasteiger partial charge in [-0.2, -0.15) is 0 Å². The molecule has 18 heavy (non-hydrogen) atoms. The Morgan fingerprint density at radius 1 is 1.39 bits per heavy atom. The van der Waals surface area contributed by atoms with E-state index in [1.807, 2.05) is 42.3 Å². The number of benzene rings is 1. The van der Waals surface area contributed by atoms with Crippen molar-refractivity contribution >= 4 is 5.91 Å². The lowest BCUT2D eigenvalue weighted by Crippen LogP contribution is -2.36. The van der Waals surface area contributed by atoms with Gasteiger partial charge in [-0.1, -0.05) is 43.2 Å². The van der Waals surface area contributed by atoms with Crippen molar-refractivity contribution in [3.05, 3.63) is 35.9 Å². The second-order valence-corrected chi connectivity index (χ2v) is 5.19. The van der Waals surface area contributed by atoms with Crippen LogP contribution in [0.1, 0.15) is 30.7 Å². The van der Waals surface area contributed by atoms with Crippen LogP contribution in [0, 0.1) is 5.92 Å². The Morgan fingerprint density at radius 3 is 2.61 bits per heavy atom. The van der Waals surface area contributed by atoms with Crippen LogP contribution in [0.15, 0.2) is 30.3 Å². The zero-order valence-electron chi connectivity index (χ0n) is 11.0. The molecule has 0 aromatic heterocycles. The average molecular weight is 246 g/mol. The van der Waals surface area contributed by atoms with Crippen LogP contribution >= 0.6 is 0 Å². The summed E-state index contributed by atoms with van der Waals surface area (Å²) >= 11 is 0. The highest BCUT2D eigenvalue weighted by atomic mass is 16.2. The fourth-order valence-electron chi connectivity index (χ4n) is 2.22. The lowest BCUT2D eigenvalue weighted by atomic mass is 9.98. The number of nitrogens with zero attached hydrogens (tertiary/aromatic N) is 1. The summed E-state index contributed by atoms with van der Waals surface area (Å²) < 4.78 is 0. The van der Waals surface area contributed by atoms with Crippen molar-refractivity contribution in [2.24, 2.45) is 11.7 Å². The van der Waals surface area contributed by atoms with Crippen LogP contribution in [0.5, 0.6) is 0 Å². The van der Waals surface area contributed by atoms with Gasteiger partial charge in [0.1, 0.15) is 0 Å². The molecule has 2 rings (SSSR count). The van der Waals surface area contributed by atoms with E-state index in [-0.39, 0.29) is 11.8 Å². The summed E-state index contributed by atoms with van der Waals surface area (Å²) in [4.78, 5) is 14.2. The molecule has 3 nitrogen and oxygen atoms in total. The summed E-state index contributed by atoms with van der Waals surface area (Å²) in [5.41, 5.74) is 6.78. The molecule has 3 heteroatoms. The van der Waals surface area contributed by atoms with Gasteiger partial charge in [0.15, 0.2) is 0 Å². The van der Waals surface area contributed by atoms with Crippen molar-refractivity contribution in [1.29, 1.82) is 0 Å². The molecule has 0 aliphatic heterocycles. The number of amides is 1. The van der Waals surface area contributed by atoms with E-state index >= 15 is 0 Å². The third-order valence-corrected chi connectivity index (χ3v) is 3.68. The van der Waals surface area contributed by atoms with Crippen LogP contribution in [-0.2, 0) is 4.79 Å². The molecule has 1 atom stereocenters. The van der Waals surface area contributed by atoms with Crippen LogP contribution in [0.4, 0.5) is 0 Å². The van der Waals surface area contributed by atoms with Gasteiger partial charge in [-0.25, -0.2) is 0 Å². The standard InChI is InChI=1S/C15H22N2O/c1-17(10-9-12-7-8-12)15(18)14(11-16)13-5-3-2-4-6-13/h2-6,12,14H,7-11,16H2,1H3. The van der Waals surface area contributed by atoms with Gasteiger partial charge in [0.2, 0.25) is 5.91 Å². The first-order valence-electron chi connectivity index (χ1n) is 6.72. The summed E-state index contributed by atoms with van der Waals surface area (Å²) in [5.74, 6) is 0.799. The smallest absolute Gasteiger partial charge is 0.231 e. The number of hydrogen-bond acceptors (Lipinski definition) is 2. The van der Waals surface area contributed by atoms with Crippen molar-refractivity contribution in [3.8, 4) is 0 Å². The minimum atomic E-state index is -0.199. The molecule has 0 spiro atoms. The molecule has 1 aliphatic carbocycles. The fourth-order valence-corrected chi connectivity index (χ4v) is 2.22. The summed E-state index contributed by atoms with van der Waals surface area (Å²) in [7, 11) is 1.89. The van der Waals surface area contributed by atoms with Crippen molar-refractivity contribution in [2.75, 3.05) is 20.1 Å². The summed E-state index contributed by atoms with van der Waals surface area (Å²) in [5, 5.41) is 0. The van der Waals surface area contributed by atoms with E-state index in [9.17, 15) is 4.79 Å². The minimum absolute atomic E-state index is 0.143. The largest absolute Gasteiger partial charge is 0.345 e. The predicted molar refractivity (Wildman–Crippen MR) is 73.2 cm³/mol. The summed E-state index contributed by atoms with van der Waals surface area (Å²) in [6.07, 6.45) is 3.80. The Bertz CT molecular complexity index is 387. The molecular weight excluding hydrogens is 224 g/mol. The monoisotopic (exact) mass is 246 g/mol. The van der Waals surface area contributed by atoms with E-state index in [4.69, 9.17) is 5.73 Å². The molecule has 0 radical (unpaired) electrons. The Kier molecular flexibility index (Phi) is 4.37. The first-order chi connectivity index (χ1) is 8.72. The number of rotatable bonds is 6. The highest BCUT2D eigenvalue weighted by molar-refractivity contribution is 5.83. The van der Waals surface area contributed by atoms with Crippen LogP contribution in [0.2, 0.25) is 0 Å². The SMILES string of the molecule is CN(CCC1CC1)C(=O)C(CN)c1ccccc1. The number of carbonyl (C=O) groups excluding carboxylic acids is 1. The molecule has 0 saturated heterocycles. The van der Waals surface area contributed by atoms with Crippen LogP contribution < -0.4 is 5.73 Å². The molecular formula is C15H22N2O. The van der Waals surface area contributed by atoms with Crippen molar-refractivity contribution in [3.63, 3.8) is 0 Å². The van der Waals surface area contributed by atoms with Gasteiger partial charge in [0.05, 0.1) is 5.92 Å². The van der Waals surface area contributed by atoms with Gasteiger partial charge < -0.3 is 10.6 Å². The predicted octanol–water partition coefficient (Wildman–Crippen LogP) is 1.99. The van der Waals surface area contributed by atoms with Gasteiger partial charge >= 0.3 is 0 Å². The molecule has 98 valence electrons. The Morgan fingerprint density at radius 2 is 2.06 bits per heavy atom. The van der Waals surface area contributed by atoms with Gasteiger partial charge in [-0.3, -0.25) is 4.79 Å². The zero-order chi connectivity index (χ0) is 13.0. The fraction of sp³-hybridized carbons (Fsp3) is 0.533. The Labute approximate surface area is 109 Å². The van der Waals surface area contributed by atoms with Gasteiger partial charge in [0, 0.05) is 20.1 Å². The van der Waals surface area contributed by atoms with E-state index < -0.39 is 0 Å². The molecule has 1 unspecified atom stereocenters. The average Bonchev–Trinajstić information content (AvgIpc) is 3.22. The minimum Gasteiger partial charge on any atom is -0.345 e. The van der Waals surface area contributed by atoms with Gasteiger partial charge in [-0.05, 0) is 17.9 Å². The zero-order valence-corrected chi connectivity index (χ0v) is 11.0. The molecule has 0 heterocycles. The summed E-state index contributed by atoms with van der Waals surface area (Å²) in [6.45, 7) is 1.23. The molecule has 1 aliphatic rings. The Hall–Kier alpha value is -1.35. The third kappa shape index (κ3) is 3.33. The third-order valence-electron chi connectivity index (χ3n) is 3.68. The quantitative estimate of drug-likeness (QED) is 0.834. The second kappa shape index (κ2) is 6.01. The van der Waals surface area contributed by atoms with E-state index in [1.165, 1.54) is 12.8 Å². The van der Waals surface area contributed by atoms with E-state index in [0.29, 0.717) is 6.54 Å². The summed E-state index contributed by atoms with van der Waals surface area (Å²) in [6, 6.07) is 9.82. The second-order valence-electron chi connectivity index (χ2n) is 5.19. The molecule has 1 amide bonds. The molecule has 1 fully saturated rings. The highest BCUT2D eigenvalue weighted by Gasteiger charge is 2.25. The van der Waals surface area contributed by atoms with Crippen molar-refractivity contribution in [2.45, 2.75) is 25.2 Å². The molecule has 2 N–H and O–H groups in total. The van der Waals surface area contributed by atoms with Crippen LogP contribution in [0.3, 0.4) is 0 Å². The number of nitrogens with two attached hydrogens (primary N) is 1. The van der Waals surface area contributed by atoms with Crippen molar-refractivity contribution in [1.82, 2.24) is 4.90 Å². The highest BCUT2D eigenvalue weighted by Crippen LogP contribution is 2.32. The number of hydrogen-bond donors (Lipinski definition) is 1. The number of likely N-dealkylation sites (N-methyl/N-ethyl adjacent to an activating group) is 1. The first kappa shape index (κ1) is 13.1.